The number of carbonyl (C=O) groups is 1. The second-order valence-corrected chi connectivity index (χ2v) is 4.31. The van der Waals surface area contributed by atoms with Crippen LogP contribution in [0, 0.1) is 13.8 Å². The van der Waals surface area contributed by atoms with Crippen LogP contribution in [-0.2, 0) is 6.42 Å². The van der Waals surface area contributed by atoms with Crippen molar-refractivity contribution in [2.75, 3.05) is 12.3 Å². The lowest BCUT2D eigenvalue weighted by Crippen LogP contribution is -2.26. The summed E-state index contributed by atoms with van der Waals surface area (Å²) in [6.07, 6.45) is 0.532. The molecule has 0 atom stereocenters. The molecule has 0 spiro atoms. The maximum atomic E-state index is 12.0. The zero-order valence-electron chi connectivity index (χ0n) is 10.9. The number of nitrogens with two attached hydrogens (primary N) is 1. The van der Waals surface area contributed by atoms with Crippen LogP contribution in [0.25, 0.3) is 0 Å². The molecule has 1 aromatic heterocycles. The number of aromatic nitrogens is 2. The van der Waals surface area contributed by atoms with E-state index in [1.165, 1.54) is 0 Å². The monoisotopic (exact) mass is 260 g/mol. The van der Waals surface area contributed by atoms with Gasteiger partial charge in [0.15, 0.2) is 5.82 Å². The van der Waals surface area contributed by atoms with E-state index in [1.54, 1.807) is 19.1 Å². The molecule has 0 saturated heterocycles. The molecular weight excluding hydrogens is 244 g/mol. The van der Waals surface area contributed by atoms with Gasteiger partial charge in [0.05, 0.1) is 0 Å². The summed E-state index contributed by atoms with van der Waals surface area (Å²) in [4.78, 5) is 16.0. The standard InChI is InChI=1S/C13H16N4O2/c1-8-3-4-10(14)7-11(8)13(18)15-6-5-12-16-9(2)19-17-12/h3-4,7H,5-6,14H2,1-2H3,(H,15,18). The highest BCUT2D eigenvalue weighted by molar-refractivity contribution is 5.96. The van der Waals surface area contributed by atoms with Crippen LogP contribution < -0.4 is 11.1 Å². The molecule has 6 heteroatoms. The molecule has 1 aromatic carbocycles. The van der Waals surface area contributed by atoms with Gasteiger partial charge in [-0.15, -0.1) is 0 Å². The Bertz CT molecular complexity index is 592. The first-order valence-corrected chi connectivity index (χ1v) is 6.00. The molecule has 2 aromatic rings. The van der Waals surface area contributed by atoms with E-state index in [0.717, 1.165) is 5.56 Å². The molecule has 0 aliphatic rings. The molecule has 0 radical (unpaired) electrons. The highest BCUT2D eigenvalue weighted by atomic mass is 16.5. The number of benzene rings is 1. The molecule has 6 nitrogen and oxygen atoms in total. The minimum atomic E-state index is -0.148. The van der Waals surface area contributed by atoms with E-state index in [2.05, 4.69) is 15.5 Å². The number of carbonyl (C=O) groups excluding carboxylic acids is 1. The van der Waals surface area contributed by atoms with Crippen LogP contribution in [-0.4, -0.2) is 22.6 Å². The highest BCUT2D eigenvalue weighted by Crippen LogP contribution is 2.12. The maximum absolute atomic E-state index is 12.0. The molecule has 0 aliphatic heterocycles. The smallest absolute Gasteiger partial charge is 0.251 e. The van der Waals surface area contributed by atoms with Gasteiger partial charge in [-0.1, -0.05) is 11.2 Å². The molecule has 0 bridgehead atoms. The molecule has 0 aliphatic carbocycles. The number of nitrogens with zero attached hydrogens (tertiary/aromatic N) is 2. The molecule has 0 saturated carbocycles. The summed E-state index contributed by atoms with van der Waals surface area (Å²) in [5.74, 6) is 0.958. The van der Waals surface area contributed by atoms with Crippen molar-refractivity contribution in [1.82, 2.24) is 15.5 Å². The highest BCUT2D eigenvalue weighted by Gasteiger charge is 2.09. The fraction of sp³-hybridized carbons (Fsp3) is 0.308. The number of hydrogen-bond acceptors (Lipinski definition) is 5. The zero-order chi connectivity index (χ0) is 13.8. The van der Waals surface area contributed by atoms with E-state index < -0.39 is 0 Å². The Labute approximate surface area is 111 Å². The summed E-state index contributed by atoms with van der Waals surface area (Å²) in [7, 11) is 0. The van der Waals surface area contributed by atoms with Crippen LogP contribution in [0.5, 0.6) is 0 Å². The lowest BCUT2D eigenvalue weighted by atomic mass is 10.1. The van der Waals surface area contributed by atoms with Crippen LogP contribution >= 0.6 is 0 Å². The van der Waals surface area contributed by atoms with E-state index in [9.17, 15) is 4.79 Å². The fourth-order valence-corrected chi connectivity index (χ4v) is 1.71. The third-order valence-corrected chi connectivity index (χ3v) is 2.71. The Hall–Kier alpha value is -2.37. The topological polar surface area (TPSA) is 94.0 Å². The summed E-state index contributed by atoms with van der Waals surface area (Å²) in [6.45, 7) is 4.05. The average Bonchev–Trinajstić information content (AvgIpc) is 2.78. The van der Waals surface area contributed by atoms with Gasteiger partial charge in [0.25, 0.3) is 5.91 Å². The van der Waals surface area contributed by atoms with Crippen LogP contribution in [0.3, 0.4) is 0 Å². The molecule has 0 unspecified atom stereocenters. The summed E-state index contributed by atoms with van der Waals surface area (Å²) in [5, 5.41) is 6.57. The lowest BCUT2D eigenvalue weighted by Gasteiger charge is -2.07. The first-order valence-electron chi connectivity index (χ1n) is 6.00. The minimum Gasteiger partial charge on any atom is -0.399 e. The third-order valence-electron chi connectivity index (χ3n) is 2.71. The van der Waals surface area contributed by atoms with Gasteiger partial charge in [-0.05, 0) is 24.6 Å². The van der Waals surface area contributed by atoms with Gasteiger partial charge in [0.2, 0.25) is 5.89 Å². The number of hydrogen-bond donors (Lipinski definition) is 2. The van der Waals surface area contributed by atoms with Crippen LogP contribution in [0.15, 0.2) is 22.7 Å². The first-order chi connectivity index (χ1) is 9.06. The number of rotatable bonds is 4. The molecule has 0 fully saturated rings. The van der Waals surface area contributed by atoms with Crippen molar-refractivity contribution < 1.29 is 9.32 Å². The number of nitrogens with one attached hydrogen (secondary N) is 1. The van der Waals surface area contributed by atoms with Gasteiger partial charge >= 0.3 is 0 Å². The van der Waals surface area contributed by atoms with E-state index in [-0.39, 0.29) is 5.91 Å². The van der Waals surface area contributed by atoms with Gasteiger partial charge in [-0.3, -0.25) is 4.79 Å². The Morgan fingerprint density at radius 3 is 2.89 bits per heavy atom. The number of nitrogen functional groups attached to an aromatic ring is 1. The van der Waals surface area contributed by atoms with Crippen molar-refractivity contribution in [3.63, 3.8) is 0 Å². The predicted octanol–water partition coefficient (Wildman–Crippen LogP) is 1.24. The van der Waals surface area contributed by atoms with Crippen molar-refractivity contribution in [2.24, 2.45) is 0 Å². The van der Waals surface area contributed by atoms with Gasteiger partial charge in [0.1, 0.15) is 0 Å². The lowest BCUT2D eigenvalue weighted by molar-refractivity contribution is 0.0953. The van der Waals surface area contributed by atoms with Gasteiger partial charge in [0, 0.05) is 31.1 Å². The molecular formula is C13H16N4O2. The Balaban J connectivity index is 1.92. The number of amides is 1. The fourth-order valence-electron chi connectivity index (χ4n) is 1.71. The Morgan fingerprint density at radius 2 is 2.21 bits per heavy atom. The Kier molecular flexibility index (Phi) is 3.79. The third kappa shape index (κ3) is 3.31. The molecule has 19 heavy (non-hydrogen) atoms. The van der Waals surface area contributed by atoms with Gasteiger partial charge in [-0.2, -0.15) is 4.98 Å². The Morgan fingerprint density at radius 1 is 1.42 bits per heavy atom. The second-order valence-electron chi connectivity index (χ2n) is 4.31. The van der Waals surface area contributed by atoms with Crippen molar-refractivity contribution in [2.45, 2.75) is 20.3 Å². The maximum Gasteiger partial charge on any atom is 0.251 e. The van der Waals surface area contributed by atoms with Gasteiger partial charge in [-0.25, -0.2) is 0 Å². The van der Waals surface area contributed by atoms with Crippen molar-refractivity contribution >= 4 is 11.6 Å². The van der Waals surface area contributed by atoms with E-state index in [1.807, 2.05) is 13.0 Å². The summed E-state index contributed by atoms with van der Waals surface area (Å²) in [6, 6.07) is 5.27. The van der Waals surface area contributed by atoms with Crippen LogP contribution in [0.4, 0.5) is 5.69 Å². The SMILES string of the molecule is Cc1nc(CCNC(=O)c2cc(N)ccc2C)no1. The van der Waals surface area contributed by atoms with Crippen molar-refractivity contribution in [3.8, 4) is 0 Å². The van der Waals surface area contributed by atoms with Crippen LogP contribution in [0.1, 0.15) is 27.6 Å². The van der Waals surface area contributed by atoms with E-state index in [4.69, 9.17) is 10.3 Å². The van der Waals surface area contributed by atoms with Crippen molar-refractivity contribution in [1.29, 1.82) is 0 Å². The van der Waals surface area contributed by atoms with E-state index in [0.29, 0.717) is 35.9 Å². The second kappa shape index (κ2) is 5.51. The van der Waals surface area contributed by atoms with Gasteiger partial charge < -0.3 is 15.6 Å². The van der Waals surface area contributed by atoms with E-state index >= 15 is 0 Å². The summed E-state index contributed by atoms with van der Waals surface area (Å²) in [5.41, 5.74) is 7.73. The summed E-state index contributed by atoms with van der Waals surface area (Å²) < 4.78 is 4.85. The minimum absolute atomic E-state index is 0.148. The zero-order valence-corrected chi connectivity index (χ0v) is 10.9. The molecule has 1 heterocycles. The first kappa shape index (κ1) is 13.1. The molecule has 100 valence electrons. The number of aryl methyl sites for hydroxylation is 2. The number of anilines is 1. The normalized spacial score (nSPS) is 10.4. The molecule has 3 N–H and O–H groups in total. The van der Waals surface area contributed by atoms with Crippen LogP contribution in [0.2, 0.25) is 0 Å². The molecule has 1 amide bonds. The average molecular weight is 260 g/mol. The summed E-state index contributed by atoms with van der Waals surface area (Å²) >= 11 is 0. The largest absolute Gasteiger partial charge is 0.399 e. The quantitative estimate of drug-likeness (QED) is 0.807. The predicted molar refractivity (Wildman–Crippen MR) is 70.7 cm³/mol. The van der Waals surface area contributed by atoms with Crippen molar-refractivity contribution in [3.05, 3.63) is 41.0 Å². The molecule has 2 rings (SSSR count).